The van der Waals surface area contributed by atoms with Crippen molar-refractivity contribution in [2.24, 2.45) is 0 Å². The molecule has 7 heteroatoms. The third-order valence-electron chi connectivity index (χ3n) is 2.73. The standard InChI is InChI=1S/C13H17NO5S/c1-13(2,12(16)17)20(18)8-11(15)14-9-6-4-5-7-10(9)19-3/h4-7H,8H2,1-3H3,(H,14,15)(H,16,17). The Hall–Kier alpha value is -1.89. The van der Waals surface area contributed by atoms with Gasteiger partial charge in [0.05, 0.1) is 12.8 Å². The minimum atomic E-state index is -1.83. The number of carbonyl (C=O) groups is 2. The molecule has 1 aromatic carbocycles. The van der Waals surface area contributed by atoms with Crippen LogP contribution in [0.15, 0.2) is 24.3 Å². The van der Waals surface area contributed by atoms with E-state index in [1.54, 1.807) is 24.3 Å². The molecule has 0 fully saturated rings. The van der Waals surface area contributed by atoms with E-state index >= 15 is 0 Å². The summed E-state index contributed by atoms with van der Waals surface area (Å²) in [5, 5.41) is 11.5. The lowest BCUT2D eigenvalue weighted by molar-refractivity contribution is -0.139. The number of nitrogens with one attached hydrogen (secondary N) is 1. The highest BCUT2D eigenvalue weighted by molar-refractivity contribution is 7.88. The van der Waals surface area contributed by atoms with Gasteiger partial charge in [-0.3, -0.25) is 13.8 Å². The van der Waals surface area contributed by atoms with E-state index in [1.165, 1.54) is 21.0 Å². The van der Waals surface area contributed by atoms with Gasteiger partial charge >= 0.3 is 5.97 Å². The van der Waals surface area contributed by atoms with Gasteiger partial charge in [0.1, 0.15) is 16.2 Å². The second kappa shape index (κ2) is 6.51. The zero-order chi connectivity index (χ0) is 15.3. The molecule has 0 aliphatic rings. The summed E-state index contributed by atoms with van der Waals surface area (Å²) in [6, 6.07) is 6.78. The van der Waals surface area contributed by atoms with Crippen molar-refractivity contribution in [1.82, 2.24) is 0 Å². The minimum absolute atomic E-state index is 0.392. The molecule has 0 aliphatic carbocycles. The first kappa shape index (κ1) is 16.2. The van der Waals surface area contributed by atoms with Crippen molar-refractivity contribution in [2.45, 2.75) is 18.6 Å². The third kappa shape index (κ3) is 3.80. The molecule has 0 bridgehead atoms. The molecule has 0 saturated carbocycles. The van der Waals surface area contributed by atoms with Crippen LogP contribution in [-0.2, 0) is 20.4 Å². The number of carboxylic acids is 1. The zero-order valence-corrected chi connectivity index (χ0v) is 12.3. The maximum absolute atomic E-state index is 11.9. The van der Waals surface area contributed by atoms with E-state index in [1.807, 2.05) is 0 Å². The first-order chi connectivity index (χ1) is 9.28. The molecule has 1 atom stereocenters. The van der Waals surface area contributed by atoms with Crippen LogP contribution in [0.25, 0.3) is 0 Å². The van der Waals surface area contributed by atoms with E-state index in [-0.39, 0.29) is 0 Å². The molecule has 2 N–H and O–H groups in total. The van der Waals surface area contributed by atoms with Crippen molar-refractivity contribution in [3.05, 3.63) is 24.3 Å². The summed E-state index contributed by atoms with van der Waals surface area (Å²) in [6.45, 7) is 2.64. The van der Waals surface area contributed by atoms with E-state index < -0.39 is 33.2 Å². The molecule has 0 radical (unpaired) electrons. The van der Waals surface area contributed by atoms with Gasteiger partial charge < -0.3 is 15.2 Å². The van der Waals surface area contributed by atoms with Gasteiger partial charge in [0.25, 0.3) is 0 Å². The monoisotopic (exact) mass is 299 g/mol. The first-order valence-electron chi connectivity index (χ1n) is 5.83. The number of carbonyl (C=O) groups excluding carboxylic acids is 1. The van der Waals surface area contributed by atoms with Crippen molar-refractivity contribution in [3.63, 3.8) is 0 Å². The van der Waals surface area contributed by atoms with E-state index in [0.29, 0.717) is 11.4 Å². The van der Waals surface area contributed by atoms with Crippen LogP contribution in [0.5, 0.6) is 5.75 Å². The van der Waals surface area contributed by atoms with Gasteiger partial charge in [-0.05, 0) is 26.0 Å². The molecule has 1 aromatic rings. The second-order valence-electron chi connectivity index (χ2n) is 4.55. The molecule has 0 aliphatic heterocycles. The number of ether oxygens (including phenoxy) is 1. The fourth-order valence-corrected chi connectivity index (χ4v) is 2.20. The molecule has 0 spiro atoms. The molecule has 0 aromatic heterocycles. The van der Waals surface area contributed by atoms with Crippen molar-refractivity contribution in [3.8, 4) is 5.75 Å². The van der Waals surface area contributed by atoms with Crippen LogP contribution in [-0.4, -0.2) is 38.8 Å². The summed E-state index contributed by atoms with van der Waals surface area (Å²) < 4.78 is 15.5. The molecule has 20 heavy (non-hydrogen) atoms. The Balaban J connectivity index is 2.74. The number of anilines is 1. The van der Waals surface area contributed by atoms with Crippen LogP contribution in [0.4, 0.5) is 5.69 Å². The number of methoxy groups -OCH3 is 1. The number of amides is 1. The van der Waals surface area contributed by atoms with E-state index in [9.17, 15) is 13.8 Å². The maximum Gasteiger partial charge on any atom is 0.321 e. The summed E-state index contributed by atoms with van der Waals surface area (Å²) in [5.74, 6) is -1.65. The normalized spacial score (nSPS) is 12.6. The minimum Gasteiger partial charge on any atom is -0.495 e. The number of rotatable bonds is 6. The van der Waals surface area contributed by atoms with Crippen LogP contribution >= 0.6 is 0 Å². The lowest BCUT2D eigenvalue weighted by Crippen LogP contribution is -2.40. The Labute approximate surface area is 119 Å². The van der Waals surface area contributed by atoms with Crippen LogP contribution in [0.1, 0.15) is 13.8 Å². The molecule has 0 saturated heterocycles. The molecule has 110 valence electrons. The van der Waals surface area contributed by atoms with E-state index in [4.69, 9.17) is 9.84 Å². The fraction of sp³-hybridized carbons (Fsp3) is 0.385. The predicted octanol–water partition coefficient (Wildman–Crippen LogP) is 1.25. The van der Waals surface area contributed by atoms with Gasteiger partial charge in [-0.1, -0.05) is 12.1 Å². The van der Waals surface area contributed by atoms with Crippen LogP contribution in [0.3, 0.4) is 0 Å². The lowest BCUT2D eigenvalue weighted by Gasteiger charge is -2.18. The summed E-state index contributed by atoms with van der Waals surface area (Å²) in [4.78, 5) is 22.8. The SMILES string of the molecule is COc1ccccc1NC(=O)CS(=O)C(C)(C)C(=O)O. The summed E-state index contributed by atoms with van der Waals surface area (Å²) in [6.07, 6.45) is 0. The molecule has 1 rings (SSSR count). The Morgan fingerprint density at radius 1 is 1.35 bits per heavy atom. The summed E-state index contributed by atoms with van der Waals surface area (Å²) >= 11 is 0. The first-order valence-corrected chi connectivity index (χ1v) is 7.15. The molecule has 1 unspecified atom stereocenters. The van der Waals surface area contributed by atoms with Crippen LogP contribution < -0.4 is 10.1 Å². The fourth-order valence-electron chi connectivity index (χ4n) is 1.33. The average molecular weight is 299 g/mol. The van der Waals surface area contributed by atoms with Gasteiger partial charge in [-0.25, -0.2) is 0 Å². The average Bonchev–Trinajstić information content (AvgIpc) is 2.38. The number of hydrogen-bond acceptors (Lipinski definition) is 4. The Morgan fingerprint density at radius 3 is 2.50 bits per heavy atom. The Morgan fingerprint density at radius 2 is 1.95 bits per heavy atom. The number of benzene rings is 1. The molecular weight excluding hydrogens is 282 g/mol. The molecule has 1 amide bonds. The molecule has 6 nitrogen and oxygen atoms in total. The van der Waals surface area contributed by atoms with Crippen LogP contribution in [0.2, 0.25) is 0 Å². The zero-order valence-electron chi connectivity index (χ0n) is 11.5. The smallest absolute Gasteiger partial charge is 0.321 e. The van der Waals surface area contributed by atoms with Crippen LogP contribution in [0, 0.1) is 0 Å². The number of aliphatic carboxylic acids is 1. The van der Waals surface area contributed by atoms with Gasteiger partial charge in [0.2, 0.25) is 5.91 Å². The largest absolute Gasteiger partial charge is 0.495 e. The highest BCUT2D eigenvalue weighted by Gasteiger charge is 2.35. The van der Waals surface area contributed by atoms with Crippen molar-refractivity contribution >= 4 is 28.4 Å². The van der Waals surface area contributed by atoms with Crippen molar-refractivity contribution < 1.29 is 23.6 Å². The van der Waals surface area contributed by atoms with Crippen molar-refractivity contribution in [2.75, 3.05) is 18.2 Å². The Kier molecular flexibility index (Phi) is 5.26. The number of hydrogen-bond donors (Lipinski definition) is 2. The number of carboxylic acid groups (broad SMARTS) is 1. The highest BCUT2D eigenvalue weighted by Crippen LogP contribution is 2.23. The maximum atomic E-state index is 11.9. The molecular formula is C13H17NO5S. The highest BCUT2D eigenvalue weighted by atomic mass is 32.2. The van der Waals surface area contributed by atoms with Gasteiger partial charge in [-0.15, -0.1) is 0 Å². The van der Waals surface area contributed by atoms with Crippen molar-refractivity contribution in [1.29, 1.82) is 0 Å². The Bertz CT molecular complexity index is 541. The predicted molar refractivity (Wildman–Crippen MR) is 76.3 cm³/mol. The topological polar surface area (TPSA) is 92.7 Å². The second-order valence-corrected chi connectivity index (χ2v) is 6.55. The van der Waals surface area contributed by atoms with E-state index in [0.717, 1.165) is 0 Å². The summed E-state index contributed by atoms with van der Waals surface area (Å²) in [5.41, 5.74) is 0.449. The quantitative estimate of drug-likeness (QED) is 0.824. The molecule has 0 heterocycles. The van der Waals surface area contributed by atoms with E-state index in [2.05, 4.69) is 5.32 Å². The van der Waals surface area contributed by atoms with Gasteiger partial charge in [0, 0.05) is 10.8 Å². The number of para-hydroxylation sites is 2. The van der Waals surface area contributed by atoms with Gasteiger partial charge in [0.15, 0.2) is 0 Å². The summed E-state index contributed by atoms with van der Waals surface area (Å²) in [7, 11) is -0.356. The lowest BCUT2D eigenvalue weighted by atomic mass is 10.2. The third-order valence-corrected chi connectivity index (χ3v) is 4.56. The van der Waals surface area contributed by atoms with Gasteiger partial charge in [-0.2, -0.15) is 0 Å².